The Hall–Kier alpha value is -0.610. The van der Waals surface area contributed by atoms with Gasteiger partial charge in [0.25, 0.3) is 0 Å². The Balaban J connectivity index is 2.49. The van der Waals surface area contributed by atoms with Gasteiger partial charge in [0.05, 0.1) is 18.8 Å². The van der Waals surface area contributed by atoms with E-state index >= 15 is 0 Å². The lowest BCUT2D eigenvalue weighted by molar-refractivity contribution is -0.134. The topological polar surface area (TPSA) is 60.8 Å². The van der Waals surface area contributed by atoms with Crippen LogP contribution in [0.25, 0.3) is 0 Å². The number of likely N-dealkylation sites (tertiary alicyclic amines) is 1. The number of aliphatic hydroxyl groups excluding tert-OH is 2. The Bertz CT molecular complexity index is 218. The van der Waals surface area contributed by atoms with Crippen LogP contribution in [-0.2, 0) is 4.79 Å². The van der Waals surface area contributed by atoms with Gasteiger partial charge < -0.3 is 15.1 Å². The maximum Gasteiger partial charge on any atom is 0.222 e. The van der Waals surface area contributed by atoms with Gasteiger partial charge in [-0.05, 0) is 26.2 Å². The Morgan fingerprint density at radius 2 is 2.19 bits per heavy atom. The smallest absolute Gasteiger partial charge is 0.222 e. The second-order valence-corrected chi connectivity index (χ2v) is 4.66. The van der Waals surface area contributed by atoms with Gasteiger partial charge in [-0.1, -0.05) is 12.8 Å². The number of hydrogen-bond donors (Lipinski definition) is 2. The molecule has 2 atom stereocenters. The van der Waals surface area contributed by atoms with Crippen LogP contribution in [0.15, 0.2) is 0 Å². The van der Waals surface area contributed by atoms with E-state index in [4.69, 9.17) is 5.11 Å². The van der Waals surface area contributed by atoms with Gasteiger partial charge in [0.15, 0.2) is 0 Å². The summed E-state index contributed by atoms with van der Waals surface area (Å²) in [5, 5.41) is 18.4. The second-order valence-electron chi connectivity index (χ2n) is 4.66. The fourth-order valence-electron chi connectivity index (χ4n) is 2.17. The molecule has 16 heavy (non-hydrogen) atoms. The van der Waals surface area contributed by atoms with Gasteiger partial charge in [0, 0.05) is 13.0 Å². The van der Waals surface area contributed by atoms with E-state index in [2.05, 4.69) is 0 Å². The SMILES string of the molecule is CC(O)CCC(=O)N1CCCCCC1CO. The third-order valence-corrected chi connectivity index (χ3v) is 3.18. The minimum Gasteiger partial charge on any atom is -0.394 e. The molecule has 1 fully saturated rings. The third-order valence-electron chi connectivity index (χ3n) is 3.18. The van der Waals surface area contributed by atoms with E-state index in [1.54, 1.807) is 11.8 Å². The molecule has 0 aromatic heterocycles. The summed E-state index contributed by atoms with van der Waals surface area (Å²) in [7, 11) is 0. The maximum atomic E-state index is 11.9. The number of amides is 1. The number of hydrogen-bond acceptors (Lipinski definition) is 3. The van der Waals surface area contributed by atoms with E-state index in [0.29, 0.717) is 12.8 Å². The third kappa shape index (κ3) is 4.10. The zero-order valence-electron chi connectivity index (χ0n) is 10.1. The molecule has 0 aliphatic carbocycles. The van der Waals surface area contributed by atoms with Crippen molar-refractivity contribution in [1.82, 2.24) is 4.90 Å². The molecular formula is C12H23NO3. The fraction of sp³-hybridized carbons (Fsp3) is 0.917. The van der Waals surface area contributed by atoms with Crippen LogP contribution in [0.2, 0.25) is 0 Å². The van der Waals surface area contributed by atoms with Crippen LogP contribution in [0.3, 0.4) is 0 Å². The average Bonchev–Trinajstić information content (AvgIpc) is 2.50. The van der Waals surface area contributed by atoms with Crippen LogP contribution in [0, 0.1) is 0 Å². The highest BCUT2D eigenvalue weighted by molar-refractivity contribution is 5.76. The van der Waals surface area contributed by atoms with Gasteiger partial charge in [-0.15, -0.1) is 0 Å². The molecule has 0 aromatic carbocycles. The molecule has 1 amide bonds. The number of carbonyl (C=O) groups excluding carboxylic acids is 1. The van der Waals surface area contributed by atoms with Crippen molar-refractivity contribution < 1.29 is 15.0 Å². The van der Waals surface area contributed by atoms with Crippen LogP contribution < -0.4 is 0 Å². The summed E-state index contributed by atoms with van der Waals surface area (Å²) >= 11 is 0. The predicted molar refractivity (Wildman–Crippen MR) is 62.0 cm³/mol. The zero-order valence-corrected chi connectivity index (χ0v) is 10.1. The first-order valence-corrected chi connectivity index (χ1v) is 6.23. The predicted octanol–water partition coefficient (Wildman–Crippen LogP) is 0.911. The molecule has 4 nitrogen and oxygen atoms in total. The van der Waals surface area contributed by atoms with E-state index in [1.165, 1.54) is 0 Å². The number of nitrogens with zero attached hydrogens (tertiary/aromatic N) is 1. The fourth-order valence-corrected chi connectivity index (χ4v) is 2.17. The van der Waals surface area contributed by atoms with Crippen molar-refractivity contribution in [3.8, 4) is 0 Å². The van der Waals surface area contributed by atoms with E-state index < -0.39 is 6.10 Å². The molecule has 0 spiro atoms. The van der Waals surface area contributed by atoms with Crippen LogP contribution in [0.5, 0.6) is 0 Å². The quantitative estimate of drug-likeness (QED) is 0.753. The molecule has 1 aliphatic rings. The molecule has 0 bridgehead atoms. The molecule has 1 heterocycles. The highest BCUT2D eigenvalue weighted by Gasteiger charge is 2.24. The number of rotatable bonds is 4. The molecule has 94 valence electrons. The molecule has 1 aliphatic heterocycles. The summed E-state index contributed by atoms with van der Waals surface area (Å²) in [5.41, 5.74) is 0. The molecule has 0 saturated carbocycles. The largest absolute Gasteiger partial charge is 0.394 e. The summed E-state index contributed by atoms with van der Waals surface area (Å²) in [5.74, 6) is 0.0712. The lowest BCUT2D eigenvalue weighted by Crippen LogP contribution is -2.42. The molecule has 4 heteroatoms. The second kappa shape index (κ2) is 6.86. The molecule has 2 unspecified atom stereocenters. The van der Waals surface area contributed by atoms with Crippen molar-refractivity contribution in [2.75, 3.05) is 13.2 Å². The van der Waals surface area contributed by atoms with E-state index in [1.807, 2.05) is 0 Å². The van der Waals surface area contributed by atoms with Gasteiger partial charge in [0.2, 0.25) is 5.91 Å². The van der Waals surface area contributed by atoms with E-state index in [-0.39, 0.29) is 18.6 Å². The minimum atomic E-state index is -0.427. The first-order chi connectivity index (χ1) is 7.65. The molecular weight excluding hydrogens is 206 g/mol. The van der Waals surface area contributed by atoms with Crippen molar-refractivity contribution in [3.63, 3.8) is 0 Å². The van der Waals surface area contributed by atoms with Crippen molar-refractivity contribution in [3.05, 3.63) is 0 Å². The van der Waals surface area contributed by atoms with Crippen molar-refractivity contribution in [1.29, 1.82) is 0 Å². The molecule has 1 rings (SSSR count). The molecule has 1 saturated heterocycles. The monoisotopic (exact) mass is 229 g/mol. The summed E-state index contributed by atoms with van der Waals surface area (Å²) in [6.45, 7) is 2.50. The normalized spacial score (nSPS) is 23.9. The number of carbonyl (C=O) groups is 1. The van der Waals surface area contributed by atoms with Gasteiger partial charge in [0.1, 0.15) is 0 Å². The first kappa shape index (κ1) is 13.5. The molecule has 0 aromatic rings. The van der Waals surface area contributed by atoms with E-state index in [0.717, 1.165) is 32.2 Å². The van der Waals surface area contributed by atoms with Crippen molar-refractivity contribution in [2.24, 2.45) is 0 Å². The maximum absolute atomic E-state index is 11.9. The highest BCUT2D eigenvalue weighted by Crippen LogP contribution is 2.18. The summed E-state index contributed by atoms with van der Waals surface area (Å²) in [4.78, 5) is 13.7. The van der Waals surface area contributed by atoms with Crippen LogP contribution in [0.4, 0.5) is 0 Å². The van der Waals surface area contributed by atoms with Crippen LogP contribution in [-0.4, -0.2) is 46.3 Å². The Morgan fingerprint density at radius 1 is 1.44 bits per heavy atom. The first-order valence-electron chi connectivity index (χ1n) is 6.23. The standard InChI is InChI=1S/C12H23NO3/c1-10(15)6-7-12(16)13-8-4-2-3-5-11(13)9-14/h10-11,14-15H,2-9H2,1H3. The van der Waals surface area contributed by atoms with Crippen molar-refractivity contribution in [2.45, 2.75) is 57.6 Å². The van der Waals surface area contributed by atoms with Gasteiger partial charge in [-0.25, -0.2) is 0 Å². The van der Waals surface area contributed by atoms with Crippen molar-refractivity contribution >= 4 is 5.91 Å². The van der Waals surface area contributed by atoms with E-state index in [9.17, 15) is 9.90 Å². The summed E-state index contributed by atoms with van der Waals surface area (Å²) < 4.78 is 0. The van der Waals surface area contributed by atoms with Crippen LogP contribution in [0.1, 0.15) is 45.4 Å². The molecule has 2 N–H and O–H groups in total. The van der Waals surface area contributed by atoms with Gasteiger partial charge >= 0.3 is 0 Å². The Morgan fingerprint density at radius 3 is 2.81 bits per heavy atom. The Labute approximate surface area is 97.3 Å². The van der Waals surface area contributed by atoms with Gasteiger partial charge in [-0.3, -0.25) is 4.79 Å². The minimum absolute atomic E-state index is 0.0102. The Kier molecular flexibility index (Phi) is 5.77. The van der Waals surface area contributed by atoms with Gasteiger partial charge in [-0.2, -0.15) is 0 Å². The van der Waals surface area contributed by atoms with Crippen LogP contribution >= 0.6 is 0 Å². The summed E-state index contributed by atoms with van der Waals surface area (Å²) in [6, 6.07) is -0.0102. The lowest BCUT2D eigenvalue weighted by Gasteiger charge is -2.28. The molecule has 0 radical (unpaired) electrons. The zero-order chi connectivity index (χ0) is 12.0. The lowest BCUT2D eigenvalue weighted by atomic mass is 10.1. The highest BCUT2D eigenvalue weighted by atomic mass is 16.3. The number of aliphatic hydroxyl groups is 2. The average molecular weight is 229 g/mol. The summed E-state index contributed by atoms with van der Waals surface area (Å²) in [6.07, 6.45) is 4.61.